The molecule has 1 aromatic carbocycles. The summed E-state index contributed by atoms with van der Waals surface area (Å²) in [6.07, 6.45) is 13.5. The second-order valence-electron chi connectivity index (χ2n) is 8.09. The molecule has 0 radical (unpaired) electrons. The van der Waals surface area contributed by atoms with Gasteiger partial charge in [-0.1, -0.05) is 61.4 Å². The number of alkyl halides is 2. The van der Waals surface area contributed by atoms with Crippen LogP contribution in [-0.2, 0) is 17.8 Å². The monoisotopic (exact) mass is 390 g/mol. The third kappa shape index (κ3) is 8.68. The van der Waals surface area contributed by atoms with Gasteiger partial charge in [0.25, 0.3) is 0 Å². The van der Waals surface area contributed by atoms with Crippen molar-refractivity contribution in [2.45, 2.75) is 84.4 Å². The van der Waals surface area contributed by atoms with Gasteiger partial charge < -0.3 is 4.74 Å². The van der Waals surface area contributed by atoms with E-state index < -0.39 is 6.11 Å². The summed E-state index contributed by atoms with van der Waals surface area (Å²) in [6.45, 7) is 4.02. The Morgan fingerprint density at radius 1 is 0.893 bits per heavy atom. The number of ether oxygens (including phenoxy) is 1. The smallest absolute Gasteiger partial charge is 0.316 e. The van der Waals surface area contributed by atoms with E-state index >= 15 is 0 Å². The fraction of sp³-hybridized carbons (Fsp3) is 0.600. The molecule has 3 heteroatoms. The number of aryl methyl sites for hydroxylation is 1. The van der Waals surface area contributed by atoms with Crippen LogP contribution in [0.4, 0.5) is 8.78 Å². The lowest BCUT2D eigenvalue weighted by Crippen LogP contribution is -2.27. The van der Waals surface area contributed by atoms with E-state index in [1.165, 1.54) is 12.0 Å². The lowest BCUT2D eigenvalue weighted by atomic mass is 9.78. The average molecular weight is 391 g/mol. The maximum atomic E-state index is 14.3. The zero-order valence-corrected chi connectivity index (χ0v) is 17.5. The summed E-state index contributed by atoms with van der Waals surface area (Å²) in [5, 5.41) is 0. The van der Waals surface area contributed by atoms with Crippen molar-refractivity contribution in [1.82, 2.24) is 0 Å². The molecule has 0 amide bonds. The Kier molecular flexibility index (Phi) is 9.91. The molecule has 0 spiro atoms. The molecule has 1 nitrogen and oxygen atoms in total. The molecule has 156 valence electrons. The summed E-state index contributed by atoms with van der Waals surface area (Å²) in [5.74, 6) is 0.787. The molecule has 1 saturated carbocycles. The molecule has 0 aromatic heterocycles. The third-order valence-corrected chi connectivity index (χ3v) is 5.78. The molecule has 0 heterocycles. The Labute approximate surface area is 169 Å². The highest BCUT2D eigenvalue weighted by Crippen LogP contribution is 2.38. The molecule has 0 atom stereocenters. The van der Waals surface area contributed by atoms with Crippen LogP contribution in [0.1, 0.15) is 76.3 Å². The highest BCUT2D eigenvalue weighted by atomic mass is 19.3. The standard InChI is InChI=1S/C25H36F2O/c1-3-5-7-9-21-11-15-23(16-12-21)19-25(26,27)28-20-24-17-13-22(14-18-24)10-8-6-4-2/h3-6,13-14,17-18,21,23H,7-12,15-16,19-20H2,1-2H3/b5-3+,6-4+/t21-,23-. The summed E-state index contributed by atoms with van der Waals surface area (Å²) >= 11 is 0. The Morgan fingerprint density at radius 2 is 1.46 bits per heavy atom. The number of benzene rings is 1. The largest absolute Gasteiger partial charge is 0.356 e. The minimum Gasteiger partial charge on any atom is -0.316 e. The summed E-state index contributed by atoms with van der Waals surface area (Å²) in [6, 6.07) is 7.82. The van der Waals surface area contributed by atoms with Crippen LogP contribution in [0.3, 0.4) is 0 Å². The van der Waals surface area contributed by atoms with Crippen molar-refractivity contribution in [3.05, 3.63) is 59.7 Å². The number of hydrogen-bond acceptors (Lipinski definition) is 1. The molecular weight excluding hydrogens is 354 g/mol. The van der Waals surface area contributed by atoms with Crippen molar-refractivity contribution in [2.24, 2.45) is 11.8 Å². The Bertz CT molecular complexity index is 595. The van der Waals surface area contributed by atoms with Gasteiger partial charge in [0.2, 0.25) is 0 Å². The van der Waals surface area contributed by atoms with Gasteiger partial charge in [0, 0.05) is 6.42 Å². The molecule has 1 aromatic rings. The van der Waals surface area contributed by atoms with Crippen molar-refractivity contribution in [3.63, 3.8) is 0 Å². The van der Waals surface area contributed by atoms with Gasteiger partial charge in [0.05, 0.1) is 6.61 Å². The number of allylic oxidation sites excluding steroid dienone is 4. The minimum atomic E-state index is -3.03. The fourth-order valence-corrected chi connectivity index (χ4v) is 4.03. The highest BCUT2D eigenvalue weighted by molar-refractivity contribution is 5.22. The van der Waals surface area contributed by atoms with Crippen LogP contribution in [-0.4, -0.2) is 6.11 Å². The van der Waals surface area contributed by atoms with Crippen molar-refractivity contribution in [2.75, 3.05) is 0 Å². The van der Waals surface area contributed by atoms with Crippen LogP contribution in [0.15, 0.2) is 48.6 Å². The van der Waals surface area contributed by atoms with Gasteiger partial charge in [-0.25, -0.2) is 0 Å². The van der Waals surface area contributed by atoms with Gasteiger partial charge in [-0.2, -0.15) is 8.78 Å². The molecule has 0 unspecified atom stereocenters. The molecule has 1 aliphatic rings. The Hall–Kier alpha value is -1.48. The normalized spacial score (nSPS) is 21.0. The van der Waals surface area contributed by atoms with Crippen LogP contribution in [0.2, 0.25) is 0 Å². The molecule has 2 rings (SSSR count). The van der Waals surface area contributed by atoms with E-state index in [9.17, 15) is 8.78 Å². The lowest BCUT2D eigenvalue weighted by molar-refractivity contribution is -0.256. The summed E-state index contributed by atoms with van der Waals surface area (Å²) in [4.78, 5) is 0. The van der Waals surface area contributed by atoms with Crippen molar-refractivity contribution < 1.29 is 13.5 Å². The molecule has 0 saturated heterocycles. The van der Waals surface area contributed by atoms with Gasteiger partial charge >= 0.3 is 6.11 Å². The summed E-state index contributed by atoms with van der Waals surface area (Å²) in [5.41, 5.74) is 2.03. The van der Waals surface area contributed by atoms with Gasteiger partial charge in [-0.3, -0.25) is 0 Å². The fourth-order valence-electron chi connectivity index (χ4n) is 4.03. The molecule has 28 heavy (non-hydrogen) atoms. The van der Waals surface area contributed by atoms with E-state index in [0.29, 0.717) is 5.92 Å². The second kappa shape index (κ2) is 12.2. The minimum absolute atomic E-state index is 0.0269. The van der Waals surface area contributed by atoms with Crippen LogP contribution in [0, 0.1) is 11.8 Å². The Balaban J connectivity index is 1.70. The van der Waals surface area contributed by atoms with Gasteiger partial charge in [-0.05, 0) is 75.3 Å². The predicted molar refractivity (Wildman–Crippen MR) is 113 cm³/mol. The van der Waals surface area contributed by atoms with Crippen LogP contribution in [0.5, 0.6) is 0 Å². The number of halogens is 2. The van der Waals surface area contributed by atoms with Crippen molar-refractivity contribution >= 4 is 0 Å². The van der Waals surface area contributed by atoms with Gasteiger partial charge in [0.15, 0.2) is 0 Å². The van der Waals surface area contributed by atoms with E-state index in [2.05, 4.69) is 18.2 Å². The highest BCUT2D eigenvalue weighted by Gasteiger charge is 2.35. The third-order valence-electron chi connectivity index (χ3n) is 5.78. The van der Waals surface area contributed by atoms with E-state index in [0.717, 1.165) is 50.5 Å². The maximum Gasteiger partial charge on any atom is 0.356 e. The molecule has 0 aliphatic heterocycles. The van der Waals surface area contributed by atoms with Gasteiger partial charge in [-0.15, -0.1) is 0 Å². The van der Waals surface area contributed by atoms with E-state index in [-0.39, 0.29) is 18.9 Å². The average Bonchev–Trinajstić information content (AvgIpc) is 2.69. The number of hydrogen-bond donors (Lipinski definition) is 0. The van der Waals surface area contributed by atoms with Crippen molar-refractivity contribution in [1.29, 1.82) is 0 Å². The zero-order valence-electron chi connectivity index (χ0n) is 17.5. The predicted octanol–water partition coefficient (Wildman–Crippen LogP) is 7.86. The van der Waals surface area contributed by atoms with E-state index in [4.69, 9.17) is 4.74 Å². The first-order valence-corrected chi connectivity index (χ1v) is 10.8. The second-order valence-corrected chi connectivity index (χ2v) is 8.09. The summed E-state index contributed by atoms with van der Waals surface area (Å²) < 4.78 is 33.6. The van der Waals surface area contributed by atoms with Crippen LogP contribution in [0.25, 0.3) is 0 Å². The van der Waals surface area contributed by atoms with Crippen LogP contribution >= 0.6 is 0 Å². The molecule has 0 N–H and O–H groups in total. The Morgan fingerprint density at radius 3 is 2.11 bits per heavy atom. The first-order valence-electron chi connectivity index (χ1n) is 10.8. The molecule has 1 fully saturated rings. The molecule has 0 bridgehead atoms. The lowest BCUT2D eigenvalue weighted by Gasteiger charge is -2.30. The summed E-state index contributed by atoms with van der Waals surface area (Å²) in [7, 11) is 0. The van der Waals surface area contributed by atoms with Crippen molar-refractivity contribution in [3.8, 4) is 0 Å². The first kappa shape index (κ1) is 22.8. The zero-order chi connectivity index (χ0) is 20.2. The van der Waals surface area contributed by atoms with E-state index in [1.807, 2.05) is 44.2 Å². The number of rotatable bonds is 11. The topological polar surface area (TPSA) is 9.23 Å². The molecule has 1 aliphatic carbocycles. The quantitative estimate of drug-likeness (QED) is 0.349. The van der Waals surface area contributed by atoms with E-state index in [1.54, 1.807) is 0 Å². The molecular formula is C25H36F2O. The van der Waals surface area contributed by atoms with Crippen LogP contribution < -0.4 is 0 Å². The first-order chi connectivity index (χ1) is 13.5. The maximum absolute atomic E-state index is 14.3. The SMILES string of the molecule is C/C=C/CCc1ccc(COC(F)(F)C[C@H]2CC[C@H](CC/C=C/C)CC2)cc1. The van der Waals surface area contributed by atoms with Gasteiger partial charge in [0.1, 0.15) is 0 Å².